The quantitative estimate of drug-likeness (QED) is 0.869. The van der Waals surface area contributed by atoms with Crippen molar-refractivity contribution in [3.63, 3.8) is 0 Å². The number of carboxylic acid groups (broad SMARTS) is 1. The fourth-order valence-electron chi connectivity index (χ4n) is 3.54. The highest BCUT2D eigenvalue weighted by atomic mass is 16.5. The van der Waals surface area contributed by atoms with Crippen molar-refractivity contribution in [3.05, 3.63) is 17.0 Å². The second-order valence-corrected chi connectivity index (χ2v) is 6.96. The van der Waals surface area contributed by atoms with Gasteiger partial charge < -0.3 is 14.9 Å². The Morgan fingerprint density at radius 1 is 1.39 bits per heavy atom. The maximum Gasteiger partial charge on any atom is 0.329 e. The van der Waals surface area contributed by atoms with Crippen LogP contribution in [0.1, 0.15) is 68.9 Å². The van der Waals surface area contributed by atoms with Gasteiger partial charge in [0.25, 0.3) is 0 Å². The van der Waals surface area contributed by atoms with Crippen molar-refractivity contribution in [1.82, 2.24) is 10.5 Å². The fraction of sp³-hybridized carbons (Fsp3) is 0.706. The number of hydrogen-bond donors (Lipinski definition) is 2. The second kappa shape index (κ2) is 6.72. The molecule has 23 heavy (non-hydrogen) atoms. The summed E-state index contributed by atoms with van der Waals surface area (Å²) in [6, 6.07) is 0. The van der Waals surface area contributed by atoms with Gasteiger partial charge in [0.2, 0.25) is 5.91 Å². The Balaban J connectivity index is 2.04. The van der Waals surface area contributed by atoms with Crippen LogP contribution >= 0.6 is 0 Å². The van der Waals surface area contributed by atoms with Gasteiger partial charge in [-0.2, -0.15) is 0 Å². The van der Waals surface area contributed by atoms with E-state index in [-0.39, 0.29) is 18.2 Å². The van der Waals surface area contributed by atoms with Gasteiger partial charge in [-0.3, -0.25) is 4.79 Å². The van der Waals surface area contributed by atoms with Crippen molar-refractivity contribution in [2.75, 3.05) is 0 Å². The molecule has 6 nitrogen and oxygen atoms in total. The lowest BCUT2D eigenvalue weighted by Gasteiger charge is -2.36. The summed E-state index contributed by atoms with van der Waals surface area (Å²) in [5.74, 6) is 0.00893. The minimum absolute atomic E-state index is 0.0605. The van der Waals surface area contributed by atoms with Gasteiger partial charge in [-0.05, 0) is 51.4 Å². The molecule has 1 fully saturated rings. The van der Waals surface area contributed by atoms with Crippen LogP contribution in [0.4, 0.5) is 0 Å². The van der Waals surface area contributed by atoms with E-state index >= 15 is 0 Å². The molecule has 1 aliphatic rings. The predicted octanol–water partition coefficient (Wildman–Crippen LogP) is 2.93. The molecule has 0 aliphatic heterocycles. The van der Waals surface area contributed by atoms with Crippen LogP contribution < -0.4 is 5.32 Å². The Labute approximate surface area is 136 Å². The number of aromatic nitrogens is 1. The summed E-state index contributed by atoms with van der Waals surface area (Å²) in [6.07, 6.45) is 2.87. The topological polar surface area (TPSA) is 92.4 Å². The molecule has 1 saturated carbocycles. The maximum absolute atomic E-state index is 12.4. The summed E-state index contributed by atoms with van der Waals surface area (Å²) in [6.45, 7) is 7.72. The van der Waals surface area contributed by atoms with E-state index in [1.807, 2.05) is 20.8 Å². The lowest BCUT2D eigenvalue weighted by atomic mass is 9.77. The number of aliphatic carboxylic acids is 1. The van der Waals surface area contributed by atoms with Crippen LogP contribution in [0.3, 0.4) is 0 Å². The number of aryl methyl sites for hydroxylation is 2. The Morgan fingerprint density at radius 2 is 2.00 bits per heavy atom. The molecule has 2 rings (SSSR count). The molecule has 1 unspecified atom stereocenters. The average Bonchev–Trinajstić information content (AvgIpc) is 2.80. The van der Waals surface area contributed by atoms with E-state index in [1.54, 1.807) is 0 Å². The molecule has 0 saturated heterocycles. The molecule has 0 spiro atoms. The van der Waals surface area contributed by atoms with Crippen LogP contribution in [0, 0.1) is 19.8 Å². The summed E-state index contributed by atoms with van der Waals surface area (Å²) in [4.78, 5) is 24.1. The van der Waals surface area contributed by atoms with Crippen molar-refractivity contribution in [3.8, 4) is 0 Å². The first-order valence-corrected chi connectivity index (χ1v) is 8.22. The summed E-state index contributed by atoms with van der Waals surface area (Å²) in [7, 11) is 0. The highest BCUT2D eigenvalue weighted by Gasteiger charge is 2.42. The molecular formula is C17H26N2O4. The largest absolute Gasteiger partial charge is 0.480 e. The molecule has 1 aliphatic carbocycles. The molecule has 1 aromatic rings. The Hall–Kier alpha value is -1.85. The summed E-state index contributed by atoms with van der Waals surface area (Å²) in [5, 5.41) is 16.3. The van der Waals surface area contributed by atoms with E-state index in [1.165, 1.54) is 0 Å². The van der Waals surface area contributed by atoms with Gasteiger partial charge >= 0.3 is 5.97 Å². The first kappa shape index (κ1) is 17.5. The highest BCUT2D eigenvalue weighted by molar-refractivity contribution is 5.87. The van der Waals surface area contributed by atoms with Crippen molar-refractivity contribution >= 4 is 11.9 Å². The zero-order chi connectivity index (χ0) is 17.2. The summed E-state index contributed by atoms with van der Waals surface area (Å²) >= 11 is 0. The molecule has 128 valence electrons. The Kier molecular flexibility index (Phi) is 5.12. The van der Waals surface area contributed by atoms with Gasteiger partial charge in [0.1, 0.15) is 11.3 Å². The average molecular weight is 322 g/mol. The number of carbonyl (C=O) groups is 2. The van der Waals surface area contributed by atoms with Crippen LogP contribution in [0.25, 0.3) is 0 Å². The van der Waals surface area contributed by atoms with Crippen LogP contribution in [0.5, 0.6) is 0 Å². The first-order chi connectivity index (χ1) is 10.7. The third-order valence-corrected chi connectivity index (χ3v) is 4.99. The van der Waals surface area contributed by atoms with Crippen molar-refractivity contribution in [1.29, 1.82) is 0 Å². The molecule has 1 aromatic heterocycles. The zero-order valence-electron chi connectivity index (χ0n) is 14.3. The monoisotopic (exact) mass is 322 g/mol. The molecule has 0 aromatic carbocycles. The number of nitrogens with zero attached hydrogens (tertiary/aromatic N) is 1. The number of carbonyl (C=O) groups excluding carboxylic acids is 1. The summed E-state index contributed by atoms with van der Waals surface area (Å²) in [5.41, 5.74) is 0.603. The zero-order valence-corrected chi connectivity index (χ0v) is 14.3. The molecule has 0 bridgehead atoms. The Morgan fingerprint density at radius 3 is 2.48 bits per heavy atom. The third-order valence-electron chi connectivity index (χ3n) is 4.99. The third kappa shape index (κ3) is 3.74. The SMILES string of the molecule is Cc1noc(C)c1C(C)CC(=O)NC1(C(=O)O)CCC(C)CC1. The molecule has 6 heteroatoms. The van der Waals surface area contributed by atoms with E-state index in [0.29, 0.717) is 24.5 Å². The van der Waals surface area contributed by atoms with Crippen LogP contribution in [-0.2, 0) is 9.59 Å². The smallest absolute Gasteiger partial charge is 0.329 e. The second-order valence-electron chi connectivity index (χ2n) is 6.96. The standard InChI is InChI=1S/C17H26N2O4/c1-10-5-7-17(8-6-10,16(21)22)18-14(20)9-11(2)15-12(3)19-23-13(15)4/h10-11H,5-9H2,1-4H3,(H,18,20)(H,21,22). The molecule has 2 N–H and O–H groups in total. The number of amides is 1. The molecule has 1 atom stereocenters. The minimum Gasteiger partial charge on any atom is -0.480 e. The van der Waals surface area contributed by atoms with Gasteiger partial charge in [0.15, 0.2) is 0 Å². The van der Waals surface area contributed by atoms with E-state index in [4.69, 9.17) is 4.52 Å². The lowest BCUT2D eigenvalue weighted by molar-refractivity contribution is -0.149. The molecule has 1 amide bonds. The Bertz CT molecular complexity index is 566. The van der Waals surface area contributed by atoms with Gasteiger partial charge in [0.05, 0.1) is 5.69 Å². The van der Waals surface area contributed by atoms with Crippen molar-refractivity contribution in [2.24, 2.45) is 5.92 Å². The number of nitrogens with one attached hydrogen (secondary N) is 1. The van der Waals surface area contributed by atoms with E-state index in [2.05, 4.69) is 17.4 Å². The highest BCUT2D eigenvalue weighted by Crippen LogP contribution is 2.33. The fourth-order valence-corrected chi connectivity index (χ4v) is 3.54. The number of carboxylic acids is 1. The number of rotatable bonds is 5. The van der Waals surface area contributed by atoms with Gasteiger partial charge in [0, 0.05) is 12.0 Å². The minimum atomic E-state index is -1.11. The predicted molar refractivity (Wildman–Crippen MR) is 85.2 cm³/mol. The van der Waals surface area contributed by atoms with Crippen molar-refractivity contribution in [2.45, 2.75) is 71.3 Å². The van der Waals surface area contributed by atoms with Gasteiger partial charge in [-0.1, -0.05) is 19.0 Å². The molecule has 0 radical (unpaired) electrons. The van der Waals surface area contributed by atoms with Crippen LogP contribution in [0.2, 0.25) is 0 Å². The van der Waals surface area contributed by atoms with E-state index in [9.17, 15) is 14.7 Å². The van der Waals surface area contributed by atoms with Crippen LogP contribution in [-0.4, -0.2) is 27.7 Å². The van der Waals surface area contributed by atoms with Crippen molar-refractivity contribution < 1.29 is 19.2 Å². The normalized spacial score (nSPS) is 25.8. The summed E-state index contributed by atoms with van der Waals surface area (Å²) < 4.78 is 5.14. The maximum atomic E-state index is 12.4. The van der Waals surface area contributed by atoms with E-state index < -0.39 is 11.5 Å². The first-order valence-electron chi connectivity index (χ1n) is 8.22. The van der Waals surface area contributed by atoms with E-state index in [0.717, 1.165) is 24.1 Å². The van der Waals surface area contributed by atoms with Gasteiger partial charge in [-0.25, -0.2) is 4.79 Å². The molecular weight excluding hydrogens is 296 g/mol. The van der Waals surface area contributed by atoms with Gasteiger partial charge in [-0.15, -0.1) is 0 Å². The number of hydrogen-bond acceptors (Lipinski definition) is 4. The molecule has 1 heterocycles. The lowest BCUT2D eigenvalue weighted by Crippen LogP contribution is -2.56. The van der Waals surface area contributed by atoms with Crippen LogP contribution in [0.15, 0.2) is 4.52 Å².